The SMILES string of the molecule is O=C(N/N=C1\CCCCc2ccccc21)c1cccs1. The molecule has 0 aliphatic heterocycles. The minimum absolute atomic E-state index is 0.130. The molecule has 0 fully saturated rings. The van der Waals surface area contributed by atoms with Crippen LogP contribution in [0.2, 0.25) is 0 Å². The van der Waals surface area contributed by atoms with Crippen LogP contribution in [0.3, 0.4) is 0 Å². The Labute approximate surface area is 122 Å². The number of fused-ring (bicyclic) bond motifs is 1. The second kappa shape index (κ2) is 6.01. The molecule has 0 saturated heterocycles. The molecule has 1 heterocycles. The Morgan fingerprint density at radius 2 is 1.95 bits per heavy atom. The average Bonchev–Trinajstić information content (AvgIpc) is 2.93. The monoisotopic (exact) mass is 284 g/mol. The van der Waals surface area contributed by atoms with Crippen molar-refractivity contribution < 1.29 is 4.79 Å². The summed E-state index contributed by atoms with van der Waals surface area (Å²) in [5.41, 5.74) is 6.18. The summed E-state index contributed by atoms with van der Waals surface area (Å²) in [6.07, 6.45) is 4.30. The molecule has 0 saturated carbocycles. The van der Waals surface area contributed by atoms with Crippen molar-refractivity contribution in [3.05, 3.63) is 57.8 Å². The molecule has 1 aromatic heterocycles. The van der Waals surface area contributed by atoms with E-state index in [1.165, 1.54) is 28.9 Å². The molecule has 0 bridgehead atoms. The molecule has 4 heteroatoms. The first kappa shape index (κ1) is 13.1. The fourth-order valence-corrected chi connectivity index (χ4v) is 3.07. The summed E-state index contributed by atoms with van der Waals surface area (Å²) in [4.78, 5) is 12.6. The van der Waals surface area contributed by atoms with Crippen LogP contribution < -0.4 is 5.43 Å². The molecule has 3 nitrogen and oxygen atoms in total. The van der Waals surface area contributed by atoms with E-state index >= 15 is 0 Å². The first-order valence-corrected chi connectivity index (χ1v) is 7.71. The van der Waals surface area contributed by atoms with Crippen LogP contribution in [0.25, 0.3) is 0 Å². The number of aryl methyl sites for hydroxylation is 1. The van der Waals surface area contributed by atoms with Crippen molar-refractivity contribution in [1.82, 2.24) is 5.43 Å². The molecule has 3 rings (SSSR count). The van der Waals surface area contributed by atoms with Crippen molar-refractivity contribution in [1.29, 1.82) is 0 Å². The fourth-order valence-electron chi connectivity index (χ4n) is 2.46. The lowest BCUT2D eigenvalue weighted by atomic mass is 10.0. The molecule has 102 valence electrons. The fraction of sp³-hybridized carbons (Fsp3) is 0.250. The minimum Gasteiger partial charge on any atom is -0.266 e. The maximum absolute atomic E-state index is 11.9. The van der Waals surface area contributed by atoms with Crippen molar-refractivity contribution in [2.75, 3.05) is 0 Å². The normalized spacial score (nSPS) is 16.5. The molecule has 0 radical (unpaired) electrons. The van der Waals surface area contributed by atoms with Crippen LogP contribution in [0.15, 0.2) is 46.9 Å². The Bertz CT molecular complexity index is 632. The molecule has 20 heavy (non-hydrogen) atoms. The van der Waals surface area contributed by atoms with Gasteiger partial charge in [0.1, 0.15) is 0 Å². The predicted octanol–water partition coefficient (Wildman–Crippen LogP) is 3.61. The van der Waals surface area contributed by atoms with Gasteiger partial charge in [0.05, 0.1) is 10.6 Å². The third kappa shape index (κ3) is 2.80. The zero-order chi connectivity index (χ0) is 13.8. The van der Waals surface area contributed by atoms with E-state index in [0.29, 0.717) is 4.88 Å². The van der Waals surface area contributed by atoms with Gasteiger partial charge >= 0.3 is 0 Å². The summed E-state index contributed by atoms with van der Waals surface area (Å²) >= 11 is 1.43. The van der Waals surface area contributed by atoms with E-state index in [2.05, 4.69) is 28.7 Å². The van der Waals surface area contributed by atoms with Crippen molar-refractivity contribution in [2.24, 2.45) is 5.10 Å². The molecular weight excluding hydrogens is 268 g/mol. The summed E-state index contributed by atoms with van der Waals surface area (Å²) in [6, 6.07) is 12.0. The van der Waals surface area contributed by atoms with E-state index in [1.807, 2.05) is 17.5 Å². The van der Waals surface area contributed by atoms with Crippen LogP contribution >= 0.6 is 11.3 Å². The summed E-state index contributed by atoms with van der Waals surface area (Å²) in [5.74, 6) is -0.130. The van der Waals surface area contributed by atoms with Gasteiger partial charge in [-0.1, -0.05) is 30.3 Å². The maximum atomic E-state index is 11.9. The number of hydrogen-bond donors (Lipinski definition) is 1. The van der Waals surface area contributed by atoms with Gasteiger partial charge in [-0.25, -0.2) is 5.43 Å². The number of hydrazone groups is 1. The molecule has 0 unspecified atom stereocenters. The Morgan fingerprint density at radius 1 is 1.10 bits per heavy atom. The molecule has 1 aromatic carbocycles. The van der Waals surface area contributed by atoms with Gasteiger partial charge in [0.15, 0.2) is 0 Å². The Balaban J connectivity index is 1.82. The summed E-state index contributed by atoms with van der Waals surface area (Å²) in [5, 5.41) is 6.26. The molecule has 1 aliphatic carbocycles. The van der Waals surface area contributed by atoms with Crippen LogP contribution in [0.5, 0.6) is 0 Å². The number of thiophene rings is 1. The molecule has 0 spiro atoms. The summed E-state index contributed by atoms with van der Waals surface area (Å²) in [6.45, 7) is 0. The highest BCUT2D eigenvalue weighted by molar-refractivity contribution is 7.12. The van der Waals surface area contributed by atoms with Crippen LogP contribution in [-0.4, -0.2) is 11.6 Å². The molecule has 1 amide bonds. The number of carbonyl (C=O) groups excluding carboxylic acids is 1. The first-order chi connectivity index (χ1) is 9.84. The Morgan fingerprint density at radius 3 is 2.80 bits per heavy atom. The van der Waals surface area contributed by atoms with E-state index in [0.717, 1.165) is 25.0 Å². The number of carbonyl (C=O) groups is 1. The standard InChI is InChI=1S/C16H16N2OS/c19-16(15-10-5-11-20-15)18-17-14-9-4-2-7-12-6-1-3-8-13(12)14/h1,3,5-6,8,10-11H,2,4,7,9H2,(H,18,19)/b17-14+. The van der Waals surface area contributed by atoms with Gasteiger partial charge in [0.25, 0.3) is 5.91 Å². The number of nitrogens with one attached hydrogen (secondary N) is 1. The second-order valence-electron chi connectivity index (χ2n) is 4.84. The van der Waals surface area contributed by atoms with Gasteiger partial charge in [-0.05, 0) is 42.7 Å². The lowest BCUT2D eigenvalue weighted by Crippen LogP contribution is -2.19. The van der Waals surface area contributed by atoms with Crippen LogP contribution in [0, 0.1) is 0 Å². The van der Waals surface area contributed by atoms with E-state index in [1.54, 1.807) is 6.07 Å². The summed E-state index contributed by atoms with van der Waals surface area (Å²) < 4.78 is 0. The molecule has 2 aromatic rings. The van der Waals surface area contributed by atoms with Gasteiger partial charge in [-0.2, -0.15) is 5.10 Å². The van der Waals surface area contributed by atoms with E-state index < -0.39 is 0 Å². The van der Waals surface area contributed by atoms with Crippen molar-refractivity contribution in [3.63, 3.8) is 0 Å². The van der Waals surface area contributed by atoms with Crippen molar-refractivity contribution in [3.8, 4) is 0 Å². The van der Waals surface area contributed by atoms with Gasteiger partial charge in [-0.15, -0.1) is 11.3 Å². The third-order valence-corrected chi connectivity index (χ3v) is 4.34. The molecule has 1 aliphatic rings. The zero-order valence-corrected chi connectivity index (χ0v) is 12.0. The first-order valence-electron chi connectivity index (χ1n) is 6.83. The zero-order valence-electron chi connectivity index (χ0n) is 11.1. The predicted molar refractivity (Wildman–Crippen MR) is 82.3 cm³/mol. The Kier molecular flexibility index (Phi) is 3.92. The van der Waals surface area contributed by atoms with Gasteiger partial charge in [0, 0.05) is 5.56 Å². The Hall–Kier alpha value is -1.94. The lowest BCUT2D eigenvalue weighted by molar-refractivity contribution is 0.0959. The van der Waals surface area contributed by atoms with E-state index in [-0.39, 0.29) is 5.91 Å². The molecule has 0 atom stereocenters. The number of benzene rings is 1. The van der Waals surface area contributed by atoms with Crippen LogP contribution in [0.1, 0.15) is 40.1 Å². The average molecular weight is 284 g/mol. The van der Waals surface area contributed by atoms with E-state index in [4.69, 9.17) is 0 Å². The summed E-state index contributed by atoms with van der Waals surface area (Å²) in [7, 11) is 0. The van der Waals surface area contributed by atoms with Gasteiger partial charge in [0.2, 0.25) is 0 Å². The molecule has 1 N–H and O–H groups in total. The number of amides is 1. The number of rotatable bonds is 2. The van der Waals surface area contributed by atoms with Gasteiger partial charge in [-0.3, -0.25) is 4.79 Å². The van der Waals surface area contributed by atoms with Crippen LogP contribution in [-0.2, 0) is 6.42 Å². The van der Waals surface area contributed by atoms with E-state index in [9.17, 15) is 4.79 Å². The highest BCUT2D eigenvalue weighted by Crippen LogP contribution is 2.20. The highest BCUT2D eigenvalue weighted by atomic mass is 32.1. The van der Waals surface area contributed by atoms with Gasteiger partial charge < -0.3 is 0 Å². The van der Waals surface area contributed by atoms with Crippen LogP contribution in [0.4, 0.5) is 0 Å². The number of hydrogen-bond acceptors (Lipinski definition) is 3. The highest BCUT2D eigenvalue weighted by Gasteiger charge is 2.14. The second-order valence-corrected chi connectivity index (χ2v) is 5.79. The van der Waals surface area contributed by atoms with Crippen molar-refractivity contribution >= 4 is 23.0 Å². The van der Waals surface area contributed by atoms with Crippen molar-refractivity contribution in [2.45, 2.75) is 25.7 Å². The third-order valence-electron chi connectivity index (χ3n) is 3.48. The lowest BCUT2D eigenvalue weighted by Gasteiger charge is -2.07. The molecular formula is C16H16N2OS. The topological polar surface area (TPSA) is 41.5 Å². The minimum atomic E-state index is -0.130. The number of nitrogens with zero attached hydrogens (tertiary/aromatic N) is 1. The maximum Gasteiger partial charge on any atom is 0.281 e. The quantitative estimate of drug-likeness (QED) is 0.664. The smallest absolute Gasteiger partial charge is 0.266 e. The largest absolute Gasteiger partial charge is 0.281 e.